The third kappa shape index (κ3) is 15.7. The van der Waals surface area contributed by atoms with Gasteiger partial charge in [0.1, 0.15) is 12.2 Å². The fourth-order valence-corrected chi connectivity index (χ4v) is 13.6. The number of aryl methyl sites for hydroxylation is 2. The van der Waals surface area contributed by atoms with E-state index in [1.807, 2.05) is 74.5 Å². The summed E-state index contributed by atoms with van der Waals surface area (Å²) in [7, 11) is -8.17. The number of carbonyl (C=O) groups excluding carboxylic acids is 2. The second kappa shape index (κ2) is 27.8. The number of aliphatic hydroxyl groups excluding tert-OH is 2. The lowest BCUT2D eigenvalue weighted by atomic mass is 10.0. The Kier molecular flexibility index (Phi) is 20.7. The molecule has 4 N–H and O–H groups in total. The zero-order chi connectivity index (χ0) is 56.2. The number of benzene rings is 4. The Morgan fingerprint density at radius 2 is 0.900 bits per heavy atom. The minimum atomic E-state index is -4.09. The molecule has 20 nitrogen and oxygen atoms in total. The van der Waals surface area contributed by atoms with Gasteiger partial charge in [-0.25, -0.2) is 26.4 Å². The standard InChI is InChI=1S/2C29H38N2O8S/c2*1-20-11-13-23(14-12-20)40(34,35)31(39-22-9-5-6-10-22)18-26(32)25(17-21-7-3-2-4-8-21)30-29(33)38-27-19-37-28-24(27)15-16-36-28/h2*2-4,7-8,11-14,22,24-28,32H,5-6,9-10,15-19H2,1H3,(H,30,33)/t24-,25+,26-,27-,28+;24-,25-,26+,27-,28+/m10/s1. The van der Waals surface area contributed by atoms with Crippen LogP contribution in [0.4, 0.5) is 9.59 Å². The van der Waals surface area contributed by atoms with E-state index in [0.717, 1.165) is 95.4 Å². The molecule has 0 aromatic heterocycles. The highest BCUT2D eigenvalue weighted by atomic mass is 32.2. The number of rotatable bonds is 22. The van der Waals surface area contributed by atoms with Crippen molar-refractivity contribution in [2.75, 3.05) is 39.5 Å². The second-order valence-electron chi connectivity index (χ2n) is 21.6. The Balaban J connectivity index is 0.000000194. The number of amides is 2. The Bertz CT molecular complexity index is 2630. The number of sulfonamides is 2. The number of hydroxylamine groups is 2. The molecule has 4 heterocycles. The first-order valence-corrected chi connectivity index (χ1v) is 30.8. The molecule has 2 saturated carbocycles. The van der Waals surface area contributed by atoms with Gasteiger partial charge >= 0.3 is 12.2 Å². The first-order valence-electron chi connectivity index (χ1n) is 28.0. The monoisotopic (exact) mass is 1150 g/mol. The van der Waals surface area contributed by atoms with E-state index in [9.17, 15) is 36.6 Å². The van der Waals surface area contributed by atoms with Gasteiger partial charge in [-0.3, -0.25) is 9.68 Å². The van der Waals surface area contributed by atoms with Gasteiger partial charge in [-0.05, 0) is 101 Å². The highest BCUT2D eigenvalue weighted by molar-refractivity contribution is 7.89. The van der Waals surface area contributed by atoms with Crippen LogP contribution in [-0.2, 0) is 71.0 Å². The molecule has 10 rings (SSSR count). The molecule has 0 bridgehead atoms. The summed E-state index contributed by atoms with van der Waals surface area (Å²) in [4.78, 5) is 38.2. The fourth-order valence-electron chi connectivity index (χ4n) is 11.0. The predicted octanol–water partition coefficient (Wildman–Crippen LogP) is 6.64. The van der Waals surface area contributed by atoms with Crippen LogP contribution in [0.25, 0.3) is 0 Å². The zero-order valence-electron chi connectivity index (χ0n) is 45.4. The zero-order valence-corrected chi connectivity index (χ0v) is 47.0. The van der Waals surface area contributed by atoms with E-state index in [2.05, 4.69) is 10.6 Å². The van der Waals surface area contributed by atoms with Gasteiger partial charge in [-0.1, -0.05) is 131 Å². The van der Waals surface area contributed by atoms with E-state index in [1.165, 1.54) is 24.3 Å². The quantitative estimate of drug-likeness (QED) is 0.0603. The number of ether oxygens (including phenoxy) is 6. The SMILES string of the molecule is Cc1ccc(S(=O)(=O)N(C[C@@H](O)[C@H](Cc2ccccc2)NC(=O)O[C@@H]2CO[C@@H]3OCC[C@@H]32)OC2CCCC2)cc1.Cc1ccc(S(=O)(=O)N(C[C@@H](O)[C@H](Cc2ccccc2)NC(=O)O[C@H]2CO[C@H]3OCC[C@H]32)OC2CCCC2)cc1. The number of nitrogens with zero attached hydrogens (tertiary/aromatic N) is 2. The van der Waals surface area contributed by atoms with Crippen molar-refractivity contribution < 1.29 is 74.7 Å². The number of nitrogens with one attached hydrogen (secondary N) is 2. The third-order valence-corrected chi connectivity index (χ3v) is 18.9. The average molecular weight is 1150 g/mol. The van der Waals surface area contributed by atoms with Crippen LogP contribution >= 0.6 is 0 Å². The lowest BCUT2D eigenvalue weighted by Crippen LogP contribution is -2.51. The summed E-state index contributed by atoms with van der Waals surface area (Å²) in [5.41, 5.74) is 3.59. The molecule has 2 amide bonds. The van der Waals surface area contributed by atoms with E-state index in [-0.39, 0.29) is 85.6 Å². The first-order chi connectivity index (χ1) is 38.6. The second-order valence-corrected chi connectivity index (χ2v) is 25.2. The molecule has 6 fully saturated rings. The van der Waals surface area contributed by atoms with Crippen LogP contribution in [0.5, 0.6) is 0 Å². The highest BCUT2D eigenvalue weighted by Crippen LogP contribution is 2.35. The van der Waals surface area contributed by atoms with Crippen molar-refractivity contribution in [3.05, 3.63) is 131 Å². The summed E-state index contributed by atoms with van der Waals surface area (Å²) < 4.78 is 89.9. The Morgan fingerprint density at radius 1 is 0.537 bits per heavy atom. The molecule has 6 aliphatic rings. The van der Waals surface area contributed by atoms with Gasteiger partial charge < -0.3 is 49.3 Å². The molecule has 436 valence electrons. The van der Waals surface area contributed by atoms with E-state index in [1.54, 1.807) is 24.3 Å². The molecule has 80 heavy (non-hydrogen) atoms. The number of hydrogen-bond acceptors (Lipinski definition) is 16. The largest absolute Gasteiger partial charge is 0.443 e. The summed E-state index contributed by atoms with van der Waals surface area (Å²) in [6.07, 6.45) is 2.61. The van der Waals surface area contributed by atoms with Gasteiger partial charge in [-0.2, -0.15) is 0 Å². The van der Waals surface area contributed by atoms with Crippen molar-refractivity contribution in [1.82, 2.24) is 19.6 Å². The highest BCUT2D eigenvalue weighted by Gasteiger charge is 2.46. The fraction of sp³-hybridized carbons (Fsp3) is 0.552. The van der Waals surface area contributed by atoms with Gasteiger partial charge in [0.15, 0.2) is 12.6 Å². The van der Waals surface area contributed by atoms with Crippen molar-refractivity contribution in [1.29, 1.82) is 0 Å². The van der Waals surface area contributed by atoms with Crippen molar-refractivity contribution in [2.45, 2.75) is 162 Å². The van der Waals surface area contributed by atoms with Gasteiger partial charge in [0.05, 0.1) is 97.6 Å². The van der Waals surface area contributed by atoms with Crippen LogP contribution < -0.4 is 10.6 Å². The van der Waals surface area contributed by atoms with Crippen LogP contribution in [0.1, 0.15) is 86.5 Å². The maximum atomic E-state index is 13.7. The van der Waals surface area contributed by atoms with Crippen LogP contribution in [0.3, 0.4) is 0 Å². The lowest BCUT2D eigenvalue weighted by Gasteiger charge is -2.31. The van der Waals surface area contributed by atoms with Gasteiger partial charge in [0, 0.05) is 0 Å². The summed E-state index contributed by atoms with van der Waals surface area (Å²) in [6, 6.07) is 30.1. The maximum Gasteiger partial charge on any atom is 0.407 e. The van der Waals surface area contributed by atoms with E-state index in [4.69, 9.17) is 38.1 Å². The molecule has 4 saturated heterocycles. The van der Waals surface area contributed by atoms with E-state index < -0.39 is 68.7 Å². The number of fused-ring (bicyclic) bond motifs is 2. The third-order valence-electron chi connectivity index (χ3n) is 15.6. The molecular weight excluding hydrogens is 1070 g/mol. The molecule has 4 aromatic rings. The van der Waals surface area contributed by atoms with Crippen LogP contribution in [0.15, 0.2) is 119 Å². The molecule has 0 unspecified atom stereocenters. The van der Waals surface area contributed by atoms with Gasteiger partial charge in [-0.15, -0.1) is 0 Å². The van der Waals surface area contributed by atoms with Gasteiger partial charge in [0.2, 0.25) is 0 Å². The molecule has 4 aliphatic heterocycles. The molecule has 10 atom stereocenters. The van der Waals surface area contributed by atoms with E-state index >= 15 is 0 Å². The van der Waals surface area contributed by atoms with Crippen LogP contribution in [0, 0.1) is 25.7 Å². The van der Waals surface area contributed by atoms with Crippen molar-refractivity contribution in [3.8, 4) is 0 Å². The molecule has 22 heteroatoms. The van der Waals surface area contributed by atoms with Crippen LogP contribution in [0.2, 0.25) is 0 Å². The lowest BCUT2D eigenvalue weighted by molar-refractivity contribution is -0.145. The number of carbonyl (C=O) groups is 2. The van der Waals surface area contributed by atoms with Crippen molar-refractivity contribution >= 4 is 32.2 Å². The minimum absolute atomic E-state index is 0.0294. The summed E-state index contributed by atoms with van der Waals surface area (Å²) in [6.45, 7) is 4.62. The first kappa shape index (κ1) is 59.5. The molecule has 4 aromatic carbocycles. The Morgan fingerprint density at radius 3 is 1.26 bits per heavy atom. The molecule has 2 aliphatic carbocycles. The van der Waals surface area contributed by atoms with Gasteiger partial charge in [0.25, 0.3) is 20.0 Å². The minimum Gasteiger partial charge on any atom is -0.443 e. The summed E-state index contributed by atoms with van der Waals surface area (Å²) in [5.74, 6) is -0.0589. The Hall–Kier alpha value is -5.08. The summed E-state index contributed by atoms with van der Waals surface area (Å²) >= 11 is 0. The topological polar surface area (TPSA) is 247 Å². The van der Waals surface area contributed by atoms with Crippen LogP contribution in [-0.4, -0.2) is 149 Å². The Labute approximate surface area is 469 Å². The number of alkyl carbamates (subject to hydrolysis) is 2. The smallest absolute Gasteiger partial charge is 0.407 e. The molecular formula is C58H76N4O16S2. The summed E-state index contributed by atoms with van der Waals surface area (Å²) in [5, 5.41) is 28.4. The average Bonchev–Trinajstić information content (AvgIpc) is 4.33. The normalized spacial score (nSPS) is 24.6. The van der Waals surface area contributed by atoms with Crippen molar-refractivity contribution in [3.63, 3.8) is 0 Å². The maximum absolute atomic E-state index is 13.7. The van der Waals surface area contributed by atoms with Crippen molar-refractivity contribution in [2.24, 2.45) is 11.8 Å². The molecule has 0 radical (unpaired) electrons. The molecule has 0 spiro atoms. The number of hydrogen-bond donors (Lipinski definition) is 4. The predicted molar refractivity (Wildman–Crippen MR) is 291 cm³/mol. The van der Waals surface area contributed by atoms with E-state index in [0.29, 0.717) is 13.2 Å². The number of aliphatic hydroxyl groups is 2.